The third kappa shape index (κ3) is 4.71. The van der Waals surface area contributed by atoms with Gasteiger partial charge < -0.3 is 9.84 Å². The van der Waals surface area contributed by atoms with Crippen molar-refractivity contribution in [2.45, 2.75) is 25.7 Å². The van der Waals surface area contributed by atoms with Gasteiger partial charge in [0.25, 0.3) is 0 Å². The highest BCUT2D eigenvalue weighted by Gasteiger charge is 2.26. The molecule has 0 atom stereocenters. The van der Waals surface area contributed by atoms with Crippen molar-refractivity contribution in [1.29, 1.82) is 0 Å². The minimum Gasteiger partial charge on any atom is -0.339 e. The normalized spacial score (nSPS) is 15.3. The topological polar surface area (TPSA) is 71.3 Å². The molecule has 30 heavy (non-hydrogen) atoms. The van der Waals surface area contributed by atoms with Gasteiger partial charge in [0, 0.05) is 17.2 Å². The summed E-state index contributed by atoms with van der Waals surface area (Å²) < 4.78 is 32.1. The smallest absolute Gasteiger partial charge is 0.238 e. The van der Waals surface area contributed by atoms with E-state index in [2.05, 4.69) is 15.5 Å². The van der Waals surface area contributed by atoms with Gasteiger partial charge in [-0.1, -0.05) is 11.2 Å². The number of piperidine rings is 1. The molecule has 1 fully saturated rings. The van der Waals surface area contributed by atoms with Crippen LogP contribution in [0.25, 0.3) is 11.4 Å². The number of halogens is 2. The van der Waals surface area contributed by atoms with Gasteiger partial charge in [0.2, 0.25) is 17.6 Å². The zero-order valence-electron chi connectivity index (χ0n) is 16.6. The van der Waals surface area contributed by atoms with Crippen molar-refractivity contribution in [3.8, 4) is 11.4 Å². The van der Waals surface area contributed by atoms with Crippen molar-refractivity contribution >= 4 is 11.6 Å². The molecule has 0 radical (unpaired) electrons. The minimum atomic E-state index is -0.340. The predicted molar refractivity (Wildman–Crippen MR) is 108 cm³/mol. The van der Waals surface area contributed by atoms with Crippen LogP contribution in [0.1, 0.15) is 30.2 Å². The van der Waals surface area contributed by atoms with Gasteiger partial charge in [0.05, 0.1) is 6.54 Å². The van der Waals surface area contributed by atoms with Crippen molar-refractivity contribution in [1.82, 2.24) is 15.0 Å². The summed E-state index contributed by atoms with van der Waals surface area (Å²) >= 11 is 0. The van der Waals surface area contributed by atoms with Crippen LogP contribution >= 0.6 is 0 Å². The van der Waals surface area contributed by atoms with Crippen molar-refractivity contribution in [3.63, 3.8) is 0 Å². The molecule has 156 valence electrons. The third-order valence-corrected chi connectivity index (χ3v) is 5.30. The van der Waals surface area contributed by atoms with E-state index in [0.717, 1.165) is 12.8 Å². The monoisotopic (exact) mass is 412 g/mol. The summed E-state index contributed by atoms with van der Waals surface area (Å²) in [4.78, 5) is 18.8. The second kappa shape index (κ2) is 8.71. The maximum Gasteiger partial charge on any atom is 0.238 e. The first kappa shape index (κ1) is 20.2. The van der Waals surface area contributed by atoms with Crippen LogP contribution in [0.5, 0.6) is 0 Å². The van der Waals surface area contributed by atoms with Crippen LogP contribution in [0.4, 0.5) is 14.5 Å². The minimum absolute atomic E-state index is 0.122. The number of aromatic nitrogens is 2. The zero-order chi connectivity index (χ0) is 21.1. The van der Waals surface area contributed by atoms with E-state index in [1.807, 2.05) is 4.90 Å². The average molecular weight is 412 g/mol. The van der Waals surface area contributed by atoms with E-state index in [1.54, 1.807) is 31.2 Å². The highest BCUT2D eigenvalue weighted by atomic mass is 19.1. The zero-order valence-corrected chi connectivity index (χ0v) is 16.6. The summed E-state index contributed by atoms with van der Waals surface area (Å²) in [5, 5.41) is 6.74. The molecule has 0 saturated carbocycles. The molecule has 6 nitrogen and oxygen atoms in total. The molecule has 4 rings (SSSR count). The lowest BCUT2D eigenvalue weighted by Crippen LogP contribution is -2.38. The SMILES string of the molecule is Cc1ccc(NC(=O)CN2CCC(c3nc(-c4ccc(F)cc4)no3)CC2)cc1F. The van der Waals surface area contributed by atoms with Crippen LogP contribution in [0.3, 0.4) is 0 Å². The van der Waals surface area contributed by atoms with Crippen LogP contribution in [0, 0.1) is 18.6 Å². The van der Waals surface area contributed by atoms with Crippen LogP contribution in [0.2, 0.25) is 0 Å². The number of carbonyl (C=O) groups excluding carboxylic acids is 1. The lowest BCUT2D eigenvalue weighted by atomic mass is 9.97. The summed E-state index contributed by atoms with van der Waals surface area (Å²) in [6.45, 7) is 3.35. The first-order valence-corrected chi connectivity index (χ1v) is 9.86. The Morgan fingerprint density at radius 2 is 1.90 bits per heavy atom. The number of hydrogen-bond donors (Lipinski definition) is 1. The maximum absolute atomic E-state index is 13.6. The van der Waals surface area contributed by atoms with Gasteiger partial charge in [-0.3, -0.25) is 9.69 Å². The number of aryl methyl sites for hydroxylation is 1. The molecule has 3 aromatic rings. The van der Waals surface area contributed by atoms with Gasteiger partial charge in [0.1, 0.15) is 11.6 Å². The Bertz CT molecular complexity index is 1030. The molecule has 0 spiro atoms. The standard InChI is InChI=1S/C22H22F2N4O2/c1-14-2-7-18(12-19(14)24)25-20(29)13-28-10-8-16(9-11-28)22-26-21(27-30-22)15-3-5-17(23)6-4-15/h2-7,12,16H,8-11,13H2,1H3,(H,25,29). The van der Waals surface area contributed by atoms with E-state index in [1.165, 1.54) is 18.2 Å². The molecule has 1 saturated heterocycles. The quantitative estimate of drug-likeness (QED) is 0.682. The summed E-state index contributed by atoms with van der Waals surface area (Å²) in [6.07, 6.45) is 1.58. The molecule has 2 aromatic carbocycles. The molecule has 8 heteroatoms. The average Bonchev–Trinajstić information content (AvgIpc) is 3.22. The summed E-state index contributed by atoms with van der Waals surface area (Å²) in [7, 11) is 0. The Balaban J connectivity index is 1.29. The molecule has 0 aliphatic carbocycles. The van der Waals surface area contributed by atoms with Crippen LogP contribution in [-0.4, -0.2) is 40.6 Å². The second-order valence-corrected chi connectivity index (χ2v) is 7.53. The van der Waals surface area contributed by atoms with E-state index in [9.17, 15) is 13.6 Å². The number of likely N-dealkylation sites (tertiary alicyclic amines) is 1. The van der Waals surface area contributed by atoms with Gasteiger partial charge in [-0.2, -0.15) is 4.98 Å². The van der Waals surface area contributed by atoms with Crippen molar-refractivity contribution in [2.75, 3.05) is 25.0 Å². The lowest BCUT2D eigenvalue weighted by Gasteiger charge is -2.29. The van der Waals surface area contributed by atoms with Gasteiger partial charge in [-0.25, -0.2) is 8.78 Å². The highest BCUT2D eigenvalue weighted by Crippen LogP contribution is 2.28. The van der Waals surface area contributed by atoms with Crippen molar-refractivity contribution < 1.29 is 18.1 Å². The number of rotatable bonds is 5. The molecule has 0 unspecified atom stereocenters. The number of amides is 1. The van der Waals surface area contributed by atoms with Crippen LogP contribution in [-0.2, 0) is 4.79 Å². The Morgan fingerprint density at radius 1 is 1.17 bits per heavy atom. The fourth-order valence-corrected chi connectivity index (χ4v) is 3.53. The number of carbonyl (C=O) groups is 1. The molecule has 2 heterocycles. The van der Waals surface area contributed by atoms with Gasteiger partial charge in [-0.05, 0) is 74.8 Å². The fraction of sp³-hybridized carbons (Fsp3) is 0.318. The molecular formula is C22H22F2N4O2. The lowest BCUT2D eigenvalue weighted by molar-refractivity contribution is -0.117. The van der Waals surface area contributed by atoms with Crippen LogP contribution in [0.15, 0.2) is 47.0 Å². The van der Waals surface area contributed by atoms with Crippen molar-refractivity contribution in [3.05, 3.63) is 65.6 Å². The molecule has 1 amide bonds. The number of nitrogens with zero attached hydrogens (tertiary/aromatic N) is 3. The van der Waals surface area contributed by atoms with E-state index >= 15 is 0 Å². The highest BCUT2D eigenvalue weighted by molar-refractivity contribution is 5.92. The predicted octanol–water partition coefficient (Wildman–Crippen LogP) is 4.14. The summed E-state index contributed by atoms with van der Waals surface area (Å²) in [5.41, 5.74) is 1.70. The van der Waals surface area contributed by atoms with Gasteiger partial charge >= 0.3 is 0 Å². The third-order valence-electron chi connectivity index (χ3n) is 5.30. The first-order chi connectivity index (χ1) is 14.5. The number of hydrogen-bond acceptors (Lipinski definition) is 5. The molecule has 0 bridgehead atoms. The summed E-state index contributed by atoms with van der Waals surface area (Å²) in [5.74, 6) is 0.301. The van der Waals surface area contributed by atoms with Crippen molar-refractivity contribution in [2.24, 2.45) is 0 Å². The fourth-order valence-electron chi connectivity index (χ4n) is 3.53. The maximum atomic E-state index is 13.6. The number of nitrogens with one attached hydrogen (secondary N) is 1. The molecular weight excluding hydrogens is 390 g/mol. The number of benzene rings is 2. The Hall–Kier alpha value is -3.13. The molecule has 1 aliphatic rings. The first-order valence-electron chi connectivity index (χ1n) is 9.86. The molecule has 1 aliphatic heterocycles. The molecule has 1 aromatic heterocycles. The van der Waals surface area contributed by atoms with E-state index < -0.39 is 0 Å². The Kier molecular flexibility index (Phi) is 5.85. The van der Waals surface area contributed by atoms with Crippen LogP contribution < -0.4 is 5.32 Å². The van der Waals surface area contributed by atoms with Gasteiger partial charge in [0.15, 0.2) is 0 Å². The Labute approximate surface area is 172 Å². The van der Waals surface area contributed by atoms with Gasteiger partial charge in [-0.15, -0.1) is 0 Å². The van der Waals surface area contributed by atoms with E-state index in [4.69, 9.17) is 4.52 Å². The van der Waals surface area contributed by atoms with E-state index in [-0.39, 0.29) is 30.0 Å². The largest absolute Gasteiger partial charge is 0.339 e. The number of anilines is 1. The second-order valence-electron chi connectivity index (χ2n) is 7.53. The van der Waals surface area contributed by atoms with E-state index in [0.29, 0.717) is 41.6 Å². The summed E-state index contributed by atoms with van der Waals surface area (Å²) in [6, 6.07) is 10.6. The Morgan fingerprint density at radius 3 is 2.60 bits per heavy atom. The molecule has 1 N–H and O–H groups in total.